The average Bonchev–Trinajstić information content (AvgIpc) is 2.33. The molecule has 1 aliphatic rings. The van der Waals surface area contributed by atoms with Crippen LogP contribution in [-0.4, -0.2) is 23.4 Å². The van der Waals surface area contributed by atoms with Crippen LogP contribution in [0, 0.1) is 17.8 Å². The van der Waals surface area contributed by atoms with E-state index in [-0.39, 0.29) is 11.7 Å². The molecule has 1 fully saturated rings. The standard InChI is InChI=1S/C16H28O2/c1-5-7-8-9-14(17)16(18-6-2)12-10-15(3,4)11-13-16/h1,14,17H,6-13H2,2-4H3. The topological polar surface area (TPSA) is 29.5 Å². The highest BCUT2D eigenvalue weighted by Gasteiger charge is 2.43. The molecule has 0 aromatic rings. The number of hydrogen-bond donors (Lipinski definition) is 1. The van der Waals surface area contributed by atoms with E-state index in [0.717, 1.165) is 44.9 Å². The van der Waals surface area contributed by atoms with Crippen molar-refractivity contribution in [2.45, 2.75) is 77.4 Å². The summed E-state index contributed by atoms with van der Waals surface area (Å²) in [4.78, 5) is 0. The number of hydrogen-bond acceptors (Lipinski definition) is 2. The number of terminal acetylenes is 1. The maximum absolute atomic E-state index is 10.5. The Bertz CT molecular complexity index is 278. The summed E-state index contributed by atoms with van der Waals surface area (Å²) in [5.74, 6) is 2.63. The second-order valence-corrected chi connectivity index (χ2v) is 6.27. The molecule has 1 rings (SSSR count). The van der Waals surface area contributed by atoms with E-state index in [9.17, 15) is 5.11 Å². The average molecular weight is 252 g/mol. The van der Waals surface area contributed by atoms with Gasteiger partial charge in [0.15, 0.2) is 0 Å². The third kappa shape index (κ3) is 4.00. The fourth-order valence-corrected chi connectivity index (χ4v) is 2.87. The number of aliphatic hydroxyl groups excluding tert-OH is 1. The summed E-state index contributed by atoms with van der Waals surface area (Å²) in [7, 11) is 0. The van der Waals surface area contributed by atoms with Gasteiger partial charge in [0.25, 0.3) is 0 Å². The molecule has 0 aromatic heterocycles. The van der Waals surface area contributed by atoms with E-state index >= 15 is 0 Å². The van der Waals surface area contributed by atoms with Crippen molar-refractivity contribution in [1.29, 1.82) is 0 Å². The van der Waals surface area contributed by atoms with Crippen LogP contribution in [0.4, 0.5) is 0 Å². The van der Waals surface area contributed by atoms with Gasteiger partial charge >= 0.3 is 0 Å². The molecule has 0 radical (unpaired) electrons. The van der Waals surface area contributed by atoms with E-state index in [2.05, 4.69) is 19.8 Å². The third-order valence-corrected chi connectivity index (χ3v) is 4.29. The predicted molar refractivity (Wildman–Crippen MR) is 75.3 cm³/mol. The van der Waals surface area contributed by atoms with Crippen molar-refractivity contribution in [3.63, 3.8) is 0 Å². The Balaban J connectivity index is 2.61. The van der Waals surface area contributed by atoms with Gasteiger partial charge in [-0.1, -0.05) is 13.8 Å². The second-order valence-electron chi connectivity index (χ2n) is 6.27. The maximum atomic E-state index is 10.5. The minimum Gasteiger partial charge on any atom is -0.390 e. The summed E-state index contributed by atoms with van der Waals surface area (Å²) >= 11 is 0. The summed E-state index contributed by atoms with van der Waals surface area (Å²) in [6.45, 7) is 7.28. The third-order valence-electron chi connectivity index (χ3n) is 4.29. The molecule has 0 saturated heterocycles. The summed E-state index contributed by atoms with van der Waals surface area (Å²) in [6.07, 6.45) is 11.4. The molecule has 0 aromatic carbocycles. The van der Waals surface area contributed by atoms with Crippen molar-refractivity contribution in [1.82, 2.24) is 0 Å². The number of aliphatic hydroxyl groups is 1. The SMILES string of the molecule is C#CCCCC(O)C1(OCC)CCC(C)(C)CC1. The number of rotatable bonds is 6. The van der Waals surface area contributed by atoms with Gasteiger partial charge in [0.2, 0.25) is 0 Å². The number of unbranched alkanes of at least 4 members (excludes halogenated alkanes) is 1. The Kier molecular flexibility index (Phi) is 5.69. The Hall–Kier alpha value is -0.520. The van der Waals surface area contributed by atoms with Gasteiger partial charge in [0, 0.05) is 13.0 Å². The molecule has 1 aliphatic carbocycles. The van der Waals surface area contributed by atoms with Crippen LogP contribution >= 0.6 is 0 Å². The van der Waals surface area contributed by atoms with Crippen molar-refractivity contribution >= 4 is 0 Å². The van der Waals surface area contributed by atoms with Gasteiger partial charge in [-0.05, 0) is 50.9 Å². The van der Waals surface area contributed by atoms with Crippen molar-refractivity contribution in [3.8, 4) is 12.3 Å². The first-order chi connectivity index (χ1) is 8.46. The Morgan fingerprint density at radius 3 is 2.39 bits per heavy atom. The molecule has 2 heteroatoms. The highest BCUT2D eigenvalue weighted by atomic mass is 16.5. The fourth-order valence-electron chi connectivity index (χ4n) is 2.87. The molecule has 0 bridgehead atoms. The molecule has 2 nitrogen and oxygen atoms in total. The van der Waals surface area contributed by atoms with E-state index in [0.29, 0.717) is 12.0 Å². The van der Waals surface area contributed by atoms with Crippen LogP contribution in [0.2, 0.25) is 0 Å². The van der Waals surface area contributed by atoms with Crippen LogP contribution in [0.1, 0.15) is 65.7 Å². The van der Waals surface area contributed by atoms with Gasteiger partial charge in [-0.3, -0.25) is 0 Å². The van der Waals surface area contributed by atoms with Crippen molar-refractivity contribution in [3.05, 3.63) is 0 Å². The Morgan fingerprint density at radius 2 is 1.89 bits per heavy atom. The van der Waals surface area contributed by atoms with Gasteiger partial charge in [-0.15, -0.1) is 12.3 Å². The monoisotopic (exact) mass is 252 g/mol. The molecule has 0 aliphatic heterocycles. The van der Waals surface area contributed by atoms with Gasteiger partial charge < -0.3 is 9.84 Å². The van der Waals surface area contributed by atoms with E-state index < -0.39 is 0 Å². The van der Waals surface area contributed by atoms with Gasteiger partial charge in [0.05, 0.1) is 11.7 Å². The molecule has 0 amide bonds. The van der Waals surface area contributed by atoms with Gasteiger partial charge in [0.1, 0.15) is 0 Å². The first kappa shape index (κ1) is 15.5. The van der Waals surface area contributed by atoms with Crippen molar-refractivity contribution in [2.75, 3.05) is 6.61 Å². The lowest BCUT2D eigenvalue weighted by Gasteiger charge is -2.46. The molecule has 1 saturated carbocycles. The molecular weight excluding hydrogens is 224 g/mol. The summed E-state index contributed by atoms with van der Waals surface area (Å²) in [5, 5.41) is 10.5. The molecule has 0 spiro atoms. The lowest BCUT2D eigenvalue weighted by atomic mass is 9.68. The molecule has 18 heavy (non-hydrogen) atoms. The minimum atomic E-state index is -0.373. The normalized spacial score (nSPS) is 23.3. The van der Waals surface area contributed by atoms with Crippen LogP contribution in [0.25, 0.3) is 0 Å². The zero-order valence-electron chi connectivity index (χ0n) is 12.2. The highest BCUT2D eigenvalue weighted by Crippen LogP contribution is 2.44. The molecule has 1 unspecified atom stereocenters. The largest absolute Gasteiger partial charge is 0.390 e. The summed E-state index contributed by atoms with van der Waals surface area (Å²) in [5.41, 5.74) is 0.0675. The lowest BCUT2D eigenvalue weighted by Crippen LogP contribution is -2.49. The van der Waals surface area contributed by atoms with Gasteiger partial charge in [-0.2, -0.15) is 0 Å². The first-order valence-corrected chi connectivity index (χ1v) is 7.21. The smallest absolute Gasteiger partial charge is 0.0940 e. The van der Waals surface area contributed by atoms with Gasteiger partial charge in [-0.25, -0.2) is 0 Å². The molecule has 1 N–H and O–H groups in total. The fraction of sp³-hybridized carbons (Fsp3) is 0.875. The quantitative estimate of drug-likeness (QED) is 0.579. The zero-order chi connectivity index (χ0) is 13.6. The summed E-state index contributed by atoms with van der Waals surface area (Å²) in [6, 6.07) is 0. The molecule has 1 atom stereocenters. The molecule has 0 heterocycles. The van der Waals surface area contributed by atoms with E-state index in [1.807, 2.05) is 6.92 Å². The molecular formula is C16H28O2. The van der Waals surface area contributed by atoms with Crippen LogP contribution in [0.15, 0.2) is 0 Å². The van der Waals surface area contributed by atoms with Crippen LogP contribution < -0.4 is 0 Å². The zero-order valence-corrected chi connectivity index (χ0v) is 12.2. The maximum Gasteiger partial charge on any atom is 0.0940 e. The highest BCUT2D eigenvalue weighted by molar-refractivity contribution is 4.96. The van der Waals surface area contributed by atoms with Crippen LogP contribution in [0.5, 0.6) is 0 Å². The first-order valence-electron chi connectivity index (χ1n) is 7.21. The van der Waals surface area contributed by atoms with Crippen LogP contribution in [-0.2, 0) is 4.74 Å². The van der Waals surface area contributed by atoms with E-state index in [1.54, 1.807) is 0 Å². The van der Waals surface area contributed by atoms with E-state index in [1.165, 1.54) is 0 Å². The van der Waals surface area contributed by atoms with E-state index in [4.69, 9.17) is 11.2 Å². The van der Waals surface area contributed by atoms with Crippen LogP contribution in [0.3, 0.4) is 0 Å². The molecule has 104 valence electrons. The second kappa shape index (κ2) is 6.59. The summed E-state index contributed by atoms with van der Waals surface area (Å²) < 4.78 is 5.95. The van der Waals surface area contributed by atoms with Crippen molar-refractivity contribution in [2.24, 2.45) is 5.41 Å². The lowest BCUT2D eigenvalue weighted by molar-refractivity contribution is -0.153. The Morgan fingerprint density at radius 1 is 1.28 bits per heavy atom. The Labute approximate surface area is 112 Å². The minimum absolute atomic E-state index is 0.321. The number of ether oxygens (including phenoxy) is 1. The van der Waals surface area contributed by atoms with Crippen molar-refractivity contribution < 1.29 is 9.84 Å². The predicted octanol–water partition coefficient (Wildman–Crippen LogP) is 3.53.